The number of fused-ring (bicyclic) bond motifs is 3. The molecule has 1 N–H and O–H groups in total. The molecule has 24 heavy (non-hydrogen) atoms. The molecule has 0 aliphatic heterocycles. The number of Topliss-reactive ketones (excluding diaryl/α,β-unsaturated/α-hetero) is 1. The Bertz CT molecular complexity index is 807. The Hall–Kier alpha value is -2.28. The summed E-state index contributed by atoms with van der Waals surface area (Å²) in [4.78, 5) is 31.0. The fourth-order valence-corrected chi connectivity index (χ4v) is 3.08. The van der Waals surface area contributed by atoms with Crippen LogP contribution in [0.3, 0.4) is 0 Å². The molecular formula is C17H23N5O2. The van der Waals surface area contributed by atoms with Crippen LogP contribution in [0.1, 0.15) is 46.7 Å². The molecule has 1 amide bonds. The number of hydrogen-bond acceptors (Lipinski definition) is 5. The number of carbonyl (C=O) groups is 2. The van der Waals surface area contributed by atoms with Crippen molar-refractivity contribution in [3.63, 3.8) is 0 Å². The third-order valence-corrected chi connectivity index (χ3v) is 4.30. The first-order valence-corrected chi connectivity index (χ1v) is 8.10. The van der Waals surface area contributed by atoms with E-state index in [0.717, 1.165) is 18.7 Å². The van der Waals surface area contributed by atoms with E-state index in [1.54, 1.807) is 10.7 Å². The van der Waals surface area contributed by atoms with Crippen LogP contribution in [-0.2, 0) is 6.42 Å². The molecule has 0 bridgehead atoms. The van der Waals surface area contributed by atoms with Gasteiger partial charge in [-0.25, -0.2) is 9.50 Å². The third kappa shape index (κ3) is 3.03. The molecule has 2 heterocycles. The Morgan fingerprint density at radius 1 is 1.33 bits per heavy atom. The molecule has 0 saturated heterocycles. The van der Waals surface area contributed by atoms with E-state index in [4.69, 9.17) is 0 Å². The van der Waals surface area contributed by atoms with Crippen molar-refractivity contribution in [2.45, 2.75) is 26.7 Å². The summed E-state index contributed by atoms with van der Waals surface area (Å²) in [6, 6.07) is 0. The summed E-state index contributed by atoms with van der Waals surface area (Å²) in [5.41, 5.74) is 2.28. The van der Waals surface area contributed by atoms with Crippen molar-refractivity contribution in [1.82, 2.24) is 24.8 Å². The van der Waals surface area contributed by atoms with Gasteiger partial charge in [0.05, 0.1) is 17.5 Å². The van der Waals surface area contributed by atoms with E-state index in [0.29, 0.717) is 29.7 Å². The van der Waals surface area contributed by atoms with Gasteiger partial charge in [-0.15, -0.1) is 0 Å². The first-order valence-electron chi connectivity index (χ1n) is 8.10. The minimum absolute atomic E-state index is 0.0862. The SMILES string of the molecule is CN(C)CCNC(=O)c1cnn2c3c(cnc12)C(=O)CC(C)(C)C3. The summed E-state index contributed by atoms with van der Waals surface area (Å²) < 4.78 is 1.65. The number of likely N-dealkylation sites (N-methyl/N-ethyl adjacent to an activating group) is 1. The summed E-state index contributed by atoms with van der Waals surface area (Å²) >= 11 is 0. The van der Waals surface area contributed by atoms with Crippen LogP contribution in [0.15, 0.2) is 12.4 Å². The lowest BCUT2D eigenvalue weighted by atomic mass is 9.76. The predicted octanol–water partition coefficient (Wildman–Crippen LogP) is 1.18. The Kier molecular flexibility index (Phi) is 4.13. The Morgan fingerprint density at radius 2 is 2.08 bits per heavy atom. The second-order valence-electron chi connectivity index (χ2n) is 7.41. The van der Waals surface area contributed by atoms with Gasteiger partial charge in [-0.1, -0.05) is 13.8 Å². The van der Waals surface area contributed by atoms with Gasteiger partial charge >= 0.3 is 0 Å². The molecule has 2 aromatic heterocycles. The van der Waals surface area contributed by atoms with Crippen molar-refractivity contribution in [1.29, 1.82) is 0 Å². The van der Waals surface area contributed by atoms with Crippen molar-refractivity contribution >= 4 is 17.3 Å². The Balaban J connectivity index is 1.94. The maximum absolute atomic E-state index is 12.4. The van der Waals surface area contributed by atoms with Gasteiger partial charge in [0.2, 0.25) is 0 Å². The highest BCUT2D eigenvalue weighted by atomic mass is 16.1. The number of ketones is 1. The second kappa shape index (κ2) is 5.98. The summed E-state index contributed by atoms with van der Waals surface area (Å²) in [6.07, 6.45) is 4.35. The Morgan fingerprint density at radius 3 is 2.79 bits per heavy atom. The van der Waals surface area contributed by atoms with Crippen LogP contribution in [0.25, 0.3) is 5.65 Å². The number of nitrogens with one attached hydrogen (secondary N) is 1. The van der Waals surface area contributed by atoms with Gasteiger partial charge in [-0.05, 0) is 25.9 Å². The molecule has 3 rings (SSSR count). The molecule has 0 radical (unpaired) electrons. The zero-order valence-electron chi connectivity index (χ0n) is 14.6. The standard InChI is InChI=1S/C17H23N5O2/c1-17(2)7-13-11(14(23)8-17)9-19-15-12(10-20-22(13)15)16(24)18-5-6-21(3)4/h9-10H,5-8H2,1-4H3,(H,18,24). The molecule has 7 nitrogen and oxygen atoms in total. The summed E-state index contributed by atoms with van der Waals surface area (Å²) in [5.74, 6) is -0.108. The van der Waals surface area contributed by atoms with Crippen LogP contribution in [0.5, 0.6) is 0 Å². The van der Waals surface area contributed by atoms with E-state index < -0.39 is 0 Å². The van der Waals surface area contributed by atoms with Crippen molar-refractivity contribution in [3.8, 4) is 0 Å². The smallest absolute Gasteiger partial charge is 0.256 e. The van der Waals surface area contributed by atoms with Gasteiger partial charge in [0.25, 0.3) is 5.91 Å². The van der Waals surface area contributed by atoms with E-state index in [1.807, 2.05) is 19.0 Å². The first kappa shape index (κ1) is 16.6. The lowest BCUT2D eigenvalue weighted by Crippen LogP contribution is -2.31. The maximum Gasteiger partial charge on any atom is 0.256 e. The molecule has 1 aliphatic carbocycles. The van der Waals surface area contributed by atoms with Gasteiger partial charge in [-0.2, -0.15) is 5.10 Å². The molecule has 0 fully saturated rings. The molecule has 0 aromatic carbocycles. The van der Waals surface area contributed by atoms with Crippen LogP contribution in [-0.4, -0.2) is 58.4 Å². The van der Waals surface area contributed by atoms with Crippen LogP contribution in [0.2, 0.25) is 0 Å². The monoisotopic (exact) mass is 329 g/mol. The zero-order valence-corrected chi connectivity index (χ0v) is 14.6. The summed E-state index contributed by atoms with van der Waals surface area (Å²) in [6.45, 7) is 5.45. The van der Waals surface area contributed by atoms with Crippen molar-refractivity contribution < 1.29 is 9.59 Å². The summed E-state index contributed by atoms with van der Waals surface area (Å²) in [5, 5.41) is 7.20. The molecule has 0 saturated carbocycles. The number of nitrogens with zero attached hydrogens (tertiary/aromatic N) is 4. The van der Waals surface area contributed by atoms with Gasteiger partial charge < -0.3 is 10.2 Å². The fourth-order valence-electron chi connectivity index (χ4n) is 3.08. The van der Waals surface area contributed by atoms with Gasteiger partial charge in [-0.3, -0.25) is 9.59 Å². The highest BCUT2D eigenvalue weighted by Gasteiger charge is 2.33. The van der Waals surface area contributed by atoms with Crippen molar-refractivity contribution in [2.75, 3.05) is 27.2 Å². The minimum atomic E-state index is -0.194. The average Bonchev–Trinajstić information content (AvgIpc) is 2.90. The lowest BCUT2D eigenvalue weighted by Gasteiger charge is -2.29. The molecule has 1 aliphatic rings. The molecule has 0 atom stereocenters. The van der Waals surface area contributed by atoms with Crippen LogP contribution < -0.4 is 5.32 Å². The van der Waals surface area contributed by atoms with Crippen LogP contribution in [0, 0.1) is 5.41 Å². The normalized spacial score (nSPS) is 16.5. The number of aromatic nitrogens is 3. The molecule has 0 spiro atoms. The van der Waals surface area contributed by atoms with Crippen molar-refractivity contribution in [3.05, 3.63) is 29.2 Å². The molecule has 128 valence electrons. The van der Waals surface area contributed by atoms with Gasteiger partial charge in [0.15, 0.2) is 11.4 Å². The molecular weight excluding hydrogens is 306 g/mol. The average molecular weight is 329 g/mol. The van der Waals surface area contributed by atoms with Crippen LogP contribution >= 0.6 is 0 Å². The number of carbonyl (C=O) groups excluding carboxylic acids is 2. The fraction of sp³-hybridized carbons (Fsp3) is 0.529. The minimum Gasteiger partial charge on any atom is -0.351 e. The van der Waals surface area contributed by atoms with E-state index in [2.05, 4.69) is 29.2 Å². The summed E-state index contributed by atoms with van der Waals surface area (Å²) in [7, 11) is 3.90. The highest BCUT2D eigenvalue weighted by molar-refractivity contribution is 6.01. The first-order chi connectivity index (χ1) is 11.3. The quantitative estimate of drug-likeness (QED) is 0.911. The molecule has 0 unspecified atom stereocenters. The highest BCUT2D eigenvalue weighted by Crippen LogP contribution is 2.34. The van der Waals surface area contributed by atoms with E-state index >= 15 is 0 Å². The van der Waals surface area contributed by atoms with Crippen LogP contribution in [0.4, 0.5) is 0 Å². The van der Waals surface area contributed by atoms with E-state index in [1.165, 1.54) is 6.20 Å². The third-order valence-electron chi connectivity index (χ3n) is 4.30. The van der Waals surface area contributed by atoms with E-state index in [-0.39, 0.29) is 17.1 Å². The van der Waals surface area contributed by atoms with Gasteiger partial charge in [0.1, 0.15) is 5.56 Å². The second-order valence-corrected chi connectivity index (χ2v) is 7.41. The van der Waals surface area contributed by atoms with Gasteiger partial charge in [0, 0.05) is 25.7 Å². The molecule has 7 heteroatoms. The molecule has 2 aromatic rings. The van der Waals surface area contributed by atoms with Crippen molar-refractivity contribution in [2.24, 2.45) is 5.41 Å². The maximum atomic E-state index is 12.4. The zero-order chi connectivity index (χ0) is 17.5. The lowest BCUT2D eigenvalue weighted by molar-refractivity contribution is 0.0907. The number of rotatable bonds is 4. The van der Waals surface area contributed by atoms with E-state index in [9.17, 15) is 9.59 Å². The largest absolute Gasteiger partial charge is 0.351 e. The predicted molar refractivity (Wildman–Crippen MR) is 90.3 cm³/mol. The topological polar surface area (TPSA) is 79.6 Å². The number of amides is 1. The number of hydrogen-bond donors (Lipinski definition) is 1. The Labute approximate surface area is 141 Å².